The molecule has 9 heteroatoms. The number of carbonyl (C=O) groups excluding carboxylic acids is 1. The van der Waals surface area contributed by atoms with E-state index in [1.54, 1.807) is 6.20 Å². The lowest BCUT2D eigenvalue weighted by Gasteiger charge is -2.16. The second-order valence-corrected chi connectivity index (χ2v) is 9.21. The normalized spacial score (nSPS) is 12.2. The average molecular weight is 432 g/mol. The zero-order chi connectivity index (χ0) is 21.0. The van der Waals surface area contributed by atoms with Gasteiger partial charge in [0.2, 0.25) is 5.91 Å². The topological polar surface area (TPSA) is 81.9 Å². The number of carbonyl (C=O) groups is 1. The molecule has 1 aromatic carbocycles. The summed E-state index contributed by atoms with van der Waals surface area (Å²) in [6, 6.07) is 6.26. The molecule has 0 aliphatic rings. The van der Waals surface area contributed by atoms with Crippen molar-refractivity contribution in [3.8, 4) is 5.75 Å². The number of rotatable bonds is 8. The molecule has 29 heavy (non-hydrogen) atoms. The van der Waals surface area contributed by atoms with Gasteiger partial charge in [-0.2, -0.15) is 0 Å². The van der Waals surface area contributed by atoms with Crippen molar-refractivity contribution in [2.24, 2.45) is 0 Å². The fourth-order valence-electron chi connectivity index (χ4n) is 2.71. The number of hydrogen-bond acceptors (Lipinski definition) is 7. The van der Waals surface area contributed by atoms with Crippen LogP contribution in [0.5, 0.6) is 5.75 Å². The minimum Gasteiger partial charge on any atom is -0.485 e. The number of amides is 1. The Labute approximate surface area is 178 Å². The van der Waals surface area contributed by atoms with E-state index in [0.717, 1.165) is 22.7 Å². The summed E-state index contributed by atoms with van der Waals surface area (Å²) in [5.74, 6) is 1.46. The highest BCUT2D eigenvalue weighted by molar-refractivity contribution is 8.00. The Morgan fingerprint density at radius 2 is 2.07 bits per heavy atom. The molecule has 0 radical (unpaired) electrons. The number of nitrogens with zero attached hydrogens (tertiary/aromatic N) is 4. The summed E-state index contributed by atoms with van der Waals surface area (Å²) in [6.07, 6.45) is 1.66. The predicted molar refractivity (Wildman–Crippen MR) is 117 cm³/mol. The van der Waals surface area contributed by atoms with Crippen molar-refractivity contribution in [2.45, 2.75) is 57.7 Å². The molecular weight excluding hydrogens is 406 g/mol. The molecule has 1 N–H and O–H groups in total. The van der Waals surface area contributed by atoms with Gasteiger partial charge in [-0.1, -0.05) is 23.9 Å². The van der Waals surface area contributed by atoms with E-state index in [2.05, 4.69) is 40.4 Å². The zero-order valence-electron chi connectivity index (χ0n) is 17.2. The minimum absolute atomic E-state index is 0.114. The van der Waals surface area contributed by atoms with Crippen molar-refractivity contribution in [1.29, 1.82) is 0 Å². The highest BCUT2D eigenvalue weighted by Gasteiger charge is 2.22. The summed E-state index contributed by atoms with van der Waals surface area (Å²) >= 11 is 2.77. The molecule has 7 nitrogen and oxygen atoms in total. The second-order valence-electron chi connectivity index (χ2n) is 7.01. The molecule has 1 atom stereocenters. The first-order valence-corrected chi connectivity index (χ1v) is 11.1. The SMILES string of the molecule is Cc1ccc(C)c(OCc2nnc(SC(C)C(=O)Nc3nccs3)n2C(C)C)c1. The van der Waals surface area contributed by atoms with Crippen LogP contribution in [-0.4, -0.2) is 30.9 Å². The van der Waals surface area contributed by atoms with Crippen LogP contribution in [0.25, 0.3) is 0 Å². The van der Waals surface area contributed by atoms with Gasteiger partial charge in [-0.15, -0.1) is 21.5 Å². The maximum atomic E-state index is 12.4. The van der Waals surface area contributed by atoms with E-state index in [-0.39, 0.29) is 17.2 Å². The first-order chi connectivity index (χ1) is 13.8. The number of nitrogens with one attached hydrogen (secondary N) is 1. The number of anilines is 1. The van der Waals surface area contributed by atoms with Gasteiger partial charge in [-0.05, 0) is 51.8 Å². The first-order valence-electron chi connectivity index (χ1n) is 9.36. The van der Waals surface area contributed by atoms with E-state index in [1.807, 2.05) is 42.9 Å². The van der Waals surface area contributed by atoms with Crippen LogP contribution in [0.4, 0.5) is 5.13 Å². The number of aromatic nitrogens is 4. The molecular formula is C20H25N5O2S2. The molecule has 0 aliphatic carbocycles. The Morgan fingerprint density at radius 1 is 1.28 bits per heavy atom. The highest BCUT2D eigenvalue weighted by atomic mass is 32.2. The van der Waals surface area contributed by atoms with Gasteiger partial charge in [0.1, 0.15) is 12.4 Å². The highest BCUT2D eigenvalue weighted by Crippen LogP contribution is 2.27. The van der Waals surface area contributed by atoms with Gasteiger partial charge in [0.15, 0.2) is 16.1 Å². The molecule has 154 valence electrons. The number of benzene rings is 1. The third-order valence-corrected chi connectivity index (χ3v) is 6.01. The Hall–Kier alpha value is -2.39. The van der Waals surface area contributed by atoms with E-state index < -0.39 is 0 Å². The van der Waals surface area contributed by atoms with Crippen LogP contribution in [-0.2, 0) is 11.4 Å². The van der Waals surface area contributed by atoms with Crippen molar-refractivity contribution in [2.75, 3.05) is 5.32 Å². The molecule has 0 saturated heterocycles. The van der Waals surface area contributed by atoms with E-state index in [9.17, 15) is 4.79 Å². The Kier molecular flexibility index (Phi) is 6.92. The number of thioether (sulfide) groups is 1. The number of hydrogen-bond donors (Lipinski definition) is 1. The fraction of sp³-hybridized carbons (Fsp3) is 0.400. The molecule has 0 saturated carbocycles. The molecule has 0 bridgehead atoms. The third kappa shape index (κ3) is 5.36. The zero-order valence-corrected chi connectivity index (χ0v) is 18.8. The number of thiazole rings is 1. The van der Waals surface area contributed by atoms with E-state index in [0.29, 0.717) is 16.9 Å². The summed E-state index contributed by atoms with van der Waals surface area (Å²) < 4.78 is 8.03. The minimum atomic E-state index is -0.339. The molecule has 2 heterocycles. The van der Waals surface area contributed by atoms with Crippen LogP contribution in [0, 0.1) is 13.8 Å². The second kappa shape index (κ2) is 9.41. The fourth-order valence-corrected chi connectivity index (χ4v) is 4.25. The third-order valence-electron chi connectivity index (χ3n) is 4.27. The van der Waals surface area contributed by atoms with Crippen molar-refractivity contribution in [3.05, 3.63) is 46.7 Å². The lowest BCUT2D eigenvalue weighted by molar-refractivity contribution is -0.115. The molecule has 3 rings (SSSR count). The van der Waals surface area contributed by atoms with Crippen LogP contribution >= 0.6 is 23.1 Å². The molecule has 0 fully saturated rings. The Morgan fingerprint density at radius 3 is 2.76 bits per heavy atom. The lowest BCUT2D eigenvalue weighted by atomic mass is 10.1. The van der Waals surface area contributed by atoms with Crippen molar-refractivity contribution in [1.82, 2.24) is 19.7 Å². The summed E-state index contributed by atoms with van der Waals surface area (Å²) in [5.41, 5.74) is 2.22. The lowest BCUT2D eigenvalue weighted by Crippen LogP contribution is -2.23. The van der Waals surface area contributed by atoms with Gasteiger partial charge < -0.3 is 14.6 Å². The quantitative estimate of drug-likeness (QED) is 0.524. The molecule has 0 aliphatic heterocycles. The average Bonchev–Trinajstić information content (AvgIpc) is 3.32. The first kappa shape index (κ1) is 21.3. The van der Waals surface area contributed by atoms with Gasteiger partial charge in [0.05, 0.1) is 5.25 Å². The summed E-state index contributed by atoms with van der Waals surface area (Å²) in [5, 5.41) is 14.2. The molecule has 1 amide bonds. The van der Waals surface area contributed by atoms with Gasteiger partial charge in [0, 0.05) is 17.6 Å². The van der Waals surface area contributed by atoms with Crippen LogP contribution in [0.15, 0.2) is 34.9 Å². The monoisotopic (exact) mass is 431 g/mol. The largest absolute Gasteiger partial charge is 0.485 e. The molecule has 3 aromatic rings. The Balaban J connectivity index is 1.71. The van der Waals surface area contributed by atoms with E-state index >= 15 is 0 Å². The van der Waals surface area contributed by atoms with Crippen LogP contribution < -0.4 is 10.1 Å². The van der Waals surface area contributed by atoms with Crippen LogP contribution in [0.2, 0.25) is 0 Å². The van der Waals surface area contributed by atoms with Gasteiger partial charge in [-0.3, -0.25) is 4.79 Å². The predicted octanol–water partition coefficient (Wildman–Crippen LogP) is 4.63. The smallest absolute Gasteiger partial charge is 0.239 e. The van der Waals surface area contributed by atoms with Gasteiger partial charge in [0.25, 0.3) is 0 Å². The van der Waals surface area contributed by atoms with Crippen molar-refractivity contribution in [3.63, 3.8) is 0 Å². The maximum absolute atomic E-state index is 12.4. The van der Waals surface area contributed by atoms with Gasteiger partial charge in [-0.25, -0.2) is 4.98 Å². The maximum Gasteiger partial charge on any atom is 0.239 e. The van der Waals surface area contributed by atoms with E-state index in [1.165, 1.54) is 23.1 Å². The summed E-state index contributed by atoms with van der Waals surface area (Å²) in [4.78, 5) is 16.5. The van der Waals surface area contributed by atoms with Crippen molar-refractivity contribution < 1.29 is 9.53 Å². The van der Waals surface area contributed by atoms with Crippen LogP contribution in [0.1, 0.15) is 43.8 Å². The number of aryl methyl sites for hydroxylation is 2. The summed E-state index contributed by atoms with van der Waals surface area (Å²) in [6.45, 7) is 10.3. The molecule has 0 spiro atoms. The molecule has 2 aromatic heterocycles. The standard InChI is InChI=1S/C20H25N5O2S2/c1-12(2)25-17(11-27-16-10-13(3)6-7-14(16)4)23-24-20(25)29-15(5)18(26)22-19-21-8-9-28-19/h6-10,12,15H,11H2,1-5H3,(H,21,22,26). The molecule has 1 unspecified atom stereocenters. The van der Waals surface area contributed by atoms with Crippen LogP contribution in [0.3, 0.4) is 0 Å². The van der Waals surface area contributed by atoms with Gasteiger partial charge >= 0.3 is 0 Å². The van der Waals surface area contributed by atoms with Crippen molar-refractivity contribution >= 4 is 34.1 Å². The number of ether oxygens (including phenoxy) is 1. The Bertz CT molecular complexity index is 969. The van der Waals surface area contributed by atoms with E-state index in [4.69, 9.17) is 4.74 Å². The summed E-state index contributed by atoms with van der Waals surface area (Å²) in [7, 11) is 0.